The lowest BCUT2D eigenvalue weighted by Gasteiger charge is -2.33. The Hall–Kier alpha value is -0.650. The number of piperidine rings is 1. The molecular formula is C13H17BrN2OS. The minimum atomic E-state index is 0.303. The lowest BCUT2D eigenvalue weighted by molar-refractivity contribution is 0.203. The van der Waals surface area contributed by atoms with Crippen LogP contribution in [0.15, 0.2) is 22.7 Å². The highest BCUT2D eigenvalue weighted by atomic mass is 79.9. The quantitative estimate of drug-likeness (QED) is 0.836. The Kier molecular flexibility index (Phi) is 4.59. The van der Waals surface area contributed by atoms with Crippen molar-refractivity contribution in [1.29, 1.82) is 0 Å². The van der Waals surface area contributed by atoms with Crippen LogP contribution in [-0.4, -0.2) is 29.8 Å². The van der Waals surface area contributed by atoms with Gasteiger partial charge in [0.15, 0.2) is 0 Å². The zero-order valence-electron chi connectivity index (χ0n) is 10.1. The Balaban J connectivity index is 2.11. The van der Waals surface area contributed by atoms with Gasteiger partial charge in [0, 0.05) is 35.4 Å². The van der Waals surface area contributed by atoms with Crippen molar-refractivity contribution in [2.75, 3.05) is 24.6 Å². The number of halogens is 1. The molecule has 1 saturated heterocycles. The van der Waals surface area contributed by atoms with E-state index in [1.807, 2.05) is 6.07 Å². The first-order valence-electron chi connectivity index (χ1n) is 6.07. The van der Waals surface area contributed by atoms with Gasteiger partial charge in [-0.05, 0) is 52.9 Å². The zero-order valence-corrected chi connectivity index (χ0v) is 12.5. The van der Waals surface area contributed by atoms with E-state index in [4.69, 9.17) is 23.1 Å². The van der Waals surface area contributed by atoms with Crippen molar-refractivity contribution in [3.63, 3.8) is 0 Å². The first kappa shape index (κ1) is 13.8. The summed E-state index contributed by atoms with van der Waals surface area (Å²) in [6.07, 6.45) is 2.09. The lowest BCUT2D eigenvalue weighted by atomic mass is 9.97. The first-order chi connectivity index (χ1) is 8.61. The van der Waals surface area contributed by atoms with E-state index < -0.39 is 0 Å². The summed E-state index contributed by atoms with van der Waals surface area (Å²) in [4.78, 5) is 2.74. The van der Waals surface area contributed by atoms with Gasteiger partial charge in [-0.2, -0.15) is 0 Å². The maximum atomic E-state index is 9.14. The molecule has 1 fully saturated rings. The van der Waals surface area contributed by atoms with Gasteiger partial charge in [0.05, 0.1) is 0 Å². The third kappa shape index (κ3) is 3.02. The standard InChI is InChI=1S/C13H17BrN2OS/c14-12-7-10(1-2-11(12)13(15)18)16-5-3-9(8-17)4-6-16/h1-2,7,9,17H,3-6,8H2,(H2,15,18). The molecule has 0 spiro atoms. The number of benzene rings is 1. The third-order valence-corrected chi connectivity index (χ3v) is 4.33. The summed E-state index contributed by atoms with van der Waals surface area (Å²) in [5.74, 6) is 0.459. The van der Waals surface area contributed by atoms with E-state index in [1.54, 1.807) is 0 Å². The summed E-state index contributed by atoms with van der Waals surface area (Å²) in [6, 6.07) is 6.08. The number of nitrogens with zero attached hydrogens (tertiary/aromatic N) is 1. The number of rotatable bonds is 3. The van der Waals surface area contributed by atoms with Crippen LogP contribution in [0, 0.1) is 5.92 Å². The van der Waals surface area contributed by atoms with Gasteiger partial charge in [-0.15, -0.1) is 0 Å². The summed E-state index contributed by atoms with van der Waals surface area (Å²) in [5.41, 5.74) is 7.69. The van der Waals surface area contributed by atoms with Gasteiger partial charge >= 0.3 is 0 Å². The van der Waals surface area contributed by atoms with Crippen LogP contribution < -0.4 is 10.6 Å². The summed E-state index contributed by atoms with van der Waals surface area (Å²) >= 11 is 8.49. The number of nitrogens with two attached hydrogens (primary N) is 1. The van der Waals surface area contributed by atoms with E-state index in [2.05, 4.69) is 33.0 Å². The fourth-order valence-electron chi connectivity index (χ4n) is 2.27. The Labute approximate surface area is 121 Å². The molecular weight excluding hydrogens is 312 g/mol. The number of aliphatic hydroxyl groups excluding tert-OH is 1. The molecule has 98 valence electrons. The monoisotopic (exact) mass is 328 g/mol. The van der Waals surface area contributed by atoms with Crippen molar-refractivity contribution in [3.8, 4) is 0 Å². The van der Waals surface area contributed by atoms with E-state index in [0.717, 1.165) is 36.0 Å². The van der Waals surface area contributed by atoms with Gasteiger partial charge in [0.25, 0.3) is 0 Å². The van der Waals surface area contributed by atoms with Crippen LogP contribution in [0.1, 0.15) is 18.4 Å². The van der Waals surface area contributed by atoms with Crippen LogP contribution in [0.5, 0.6) is 0 Å². The molecule has 0 saturated carbocycles. The molecule has 1 aliphatic heterocycles. The van der Waals surface area contributed by atoms with Crippen molar-refractivity contribution in [3.05, 3.63) is 28.2 Å². The first-order valence-corrected chi connectivity index (χ1v) is 7.27. The molecule has 0 aromatic heterocycles. The topological polar surface area (TPSA) is 49.5 Å². The largest absolute Gasteiger partial charge is 0.396 e. The van der Waals surface area contributed by atoms with E-state index in [1.165, 1.54) is 5.69 Å². The molecule has 0 aliphatic carbocycles. The molecule has 0 amide bonds. The van der Waals surface area contributed by atoms with Crippen molar-refractivity contribution in [2.45, 2.75) is 12.8 Å². The minimum absolute atomic E-state index is 0.303. The van der Waals surface area contributed by atoms with Crippen LogP contribution >= 0.6 is 28.1 Å². The molecule has 2 rings (SSSR count). The number of thiocarbonyl (C=S) groups is 1. The fourth-order valence-corrected chi connectivity index (χ4v) is 3.16. The van der Waals surface area contributed by atoms with E-state index >= 15 is 0 Å². The molecule has 0 unspecified atom stereocenters. The maximum absolute atomic E-state index is 9.14. The van der Waals surface area contributed by atoms with E-state index in [9.17, 15) is 0 Å². The van der Waals surface area contributed by atoms with Gasteiger partial charge in [-0.25, -0.2) is 0 Å². The molecule has 1 aliphatic rings. The Bertz CT molecular complexity index is 445. The molecule has 5 heteroatoms. The highest BCUT2D eigenvalue weighted by Crippen LogP contribution is 2.27. The average molecular weight is 329 g/mol. The SMILES string of the molecule is NC(=S)c1ccc(N2CCC(CO)CC2)cc1Br. The van der Waals surface area contributed by atoms with Gasteiger partial charge in [0.2, 0.25) is 0 Å². The van der Waals surface area contributed by atoms with Crippen LogP contribution in [0.2, 0.25) is 0 Å². The van der Waals surface area contributed by atoms with Crippen LogP contribution in [0.25, 0.3) is 0 Å². The average Bonchev–Trinajstić information content (AvgIpc) is 2.38. The second-order valence-corrected chi connectivity index (χ2v) is 5.94. The van der Waals surface area contributed by atoms with Gasteiger partial charge in [-0.3, -0.25) is 0 Å². The van der Waals surface area contributed by atoms with Gasteiger partial charge < -0.3 is 15.7 Å². The smallest absolute Gasteiger partial charge is 0.105 e. The summed E-state index contributed by atoms with van der Waals surface area (Å²) in [5, 5.41) is 9.14. The molecule has 1 heterocycles. The number of aliphatic hydroxyl groups is 1. The molecule has 3 nitrogen and oxygen atoms in total. The van der Waals surface area contributed by atoms with Crippen molar-refractivity contribution in [1.82, 2.24) is 0 Å². The van der Waals surface area contributed by atoms with Gasteiger partial charge in [-0.1, -0.05) is 12.2 Å². The number of hydrogen-bond donors (Lipinski definition) is 2. The van der Waals surface area contributed by atoms with Crippen molar-refractivity contribution < 1.29 is 5.11 Å². The maximum Gasteiger partial charge on any atom is 0.105 e. The Morgan fingerprint density at radius 1 is 1.44 bits per heavy atom. The molecule has 1 aromatic rings. The number of anilines is 1. The van der Waals surface area contributed by atoms with Crippen LogP contribution in [0.3, 0.4) is 0 Å². The van der Waals surface area contributed by atoms with Crippen LogP contribution in [-0.2, 0) is 0 Å². The summed E-state index contributed by atoms with van der Waals surface area (Å²) in [7, 11) is 0. The van der Waals surface area contributed by atoms with Gasteiger partial charge in [0.1, 0.15) is 4.99 Å². The summed E-state index contributed by atoms with van der Waals surface area (Å²) in [6.45, 7) is 2.28. The highest BCUT2D eigenvalue weighted by molar-refractivity contribution is 9.10. The Morgan fingerprint density at radius 3 is 2.61 bits per heavy atom. The molecule has 0 atom stereocenters. The highest BCUT2D eigenvalue weighted by Gasteiger charge is 2.19. The zero-order chi connectivity index (χ0) is 13.1. The van der Waals surface area contributed by atoms with Crippen molar-refractivity contribution in [2.24, 2.45) is 11.7 Å². The van der Waals surface area contributed by atoms with Crippen molar-refractivity contribution >= 4 is 38.8 Å². The minimum Gasteiger partial charge on any atom is -0.396 e. The molecule has 0 radical (unpaired) electrons. The molecule has 0 bridgehead atoms. The molecule has 3 N–H and O–H groups in total. The predicted octanol–water partition coefficient (Wildman–Crippen LogP) is 2.29. The molecule has 18 heavy (non-hydrogen) atoms. The lowest BCUT2D eigenvalue weighted by Crippen LogP contribution is -2.34. The normalized spacial score (nSPS) is 16.9. The summed E-state index contributed by atoms with van der Waals surface area (Å²) < 4.78 is 0.941. The van der Waals surface area contributed by atoms with Crippen LogP contribution in [0.4, 0.5) is 5.69 Å². The second kappa shape index (κ2) is 5.99. The Morgan fingerprint density at radius 2 is 2.11 bits per heavy atom. The molecule has 1 aromatic carbocycles. The second-order valence-electron chi connectivity index (χ2n) is 4.64. The predicted molar refractivity (Wildman–Crippen MR) is 82.1 cm³/mol. The van der Waals surface area contributed by atoms with E-state index in [-0.39, 0.29) is 0 Å². The third-order valence-electron chi connectivity index (χ3n) is 3.46. The van der Waals surface area contributed by atoms with E-state index in [0.29, 0.717) is 17.5 Å². The fraction of sp³-hybridized carbons (Fsp3) is 0.462. The number of hydrogen-bond acceptors (Lipinski definition) is 3.